The molecule has 5 heteroatoms. The minimum Gasteiger partial charge on any atom is -0.453 e. The van der Waals surface area contributed by atoms with Gasteiger partial charge < -0.3 is 9.30 Å². The topological polar surface area (TPSA) is 65.4 Å². The van der Waals surface area contributed by atoms with Gasteiger partial charge in [-0.1, -0.05) is 12.1 Å². The summed E-state index contributed by atoms with van der Waals surface area (Å²) in [5.74, 6) is -0.955. The van der Waals surface area contributed by atoms with Gasteiger partial charge in [0, 0.05) is 24.4 Å². The Hall–Kier alpha value is -2.69. The Balaban J connectivity index is 1.66. The van der Waals surface area contributed by atoms with Crippen LogP contribution in [0, 0.1) is 0 Å². The fourth-order valence-electron chi connectivity index (χ4n) is 3.16. The molecule has 1 aliphatic carbocycles. The summed E-state index contributed by atoms with van der Waals surface area (Å²) in [6.45, 7) is 1.13. The first-order valence-electron chi connectivity index (χ1n) is 8.45. The molecule has 0 atom stereocenters. The second kappa shape index (κ2) is 7.05. The van der Waals surface area contributed by atoms with Crippen LogP contribution in [0.15, 0.2) is 30.5 Å². The van der Waals surface area contributed by atoms with E-state index in [-0.39, 0.29) is 23.9 Å². The summed E-state index contributed by atoms with van der Waals surface area (Å²) in [7, 11) is 1.66. The molecule has 0 radical (unpaired) electrons. The number of Topliss-reactive ketones (excluding diaryl/α,β-unsaturated/α-hetero) is 2. The summed E-state index contributed by atoms with van der Waals surface area (Å²) >= 11 is 0. The molecule has 1 aromatic heterocycles. The number of hydrogen-bond acceptors (Lipinski definition) is 4. The molecule has 5 nitrogen and oxygen atoms in total. The molecule has 0 spiro atoms. The lowest BCUT2D eigenvalue weighted by Gasteiger charge is -2.16. The van der Waals surface area contributed by atoms with Crippen molar-refractivity contribution in [3.05, 3.63) is 58.4 Å². The summed E-state index contributed by atoms with van der Waals surface area (Å²) in [6, 6.07) is 7.20. The lowest BCUT2D eigenvalue weighted by Crippen LogP contribution is -2.16. The van der Waals surface area contributed by atoms with Crippen LogP contribution in [0.5, 0.6) is 0 Å². The standard InChI is InChI=1S/C20H21NO4/c1-13(22)17-10-18(21(2)11-17)20(24)25-12-19(23)16-8-7-14-5-3-4-6-15(14)9-16/h7-11H,3-6,12H2,1-2H3. The van der Waals surface area contributed by atoms with Gasteiger partial charge in [0.1, 0.15) is 5.69 Å². The van der Waals surface area contributed by atoms with E-state index in [9.17, 15) is 14.4 Å². The molecular weight excluding hydrogens is 318 g/mol. The van der Waals surface area contributed by atoms with Crippen molar-refractivity contribution in [2.24, 2.45) is 7.05 Å². The number of rotatable bonds is 5. The van der Waals surface area contributed by atoms with Crippen LogP contribution >= 0.6 is 0 Å². The Morgan fingerprint density at radius 1 is 1.04 bits per heavy atom. The summed E-state index contributed by atoms with van der Waals surface area (Å²) in [5.41, 5.74) is 3.79. The zero-order valence-electron chi connectivity index (χ0n) is 14.5. The highest BCUT2D eigenvalue weighted by Gasteiger charge is 2.18. The van der Waals surface area contributed by atoms with E-state index < -0.39 is 5.97 Å². The van der Waals surface area contributed by atoms with Gasteiger partial charge in [0.2, 0.25) is 0 Å². The molecule has 0 fully saturated rings. The van der Waals surface area contributed by atoms with Crippen molar-refractivity contribution in [1.82, 2.24) is 4.57 Å². The molecule has 0 unspecified atom stereocenters. The number of hydrogen-bond donors (Lipinski definition) is 0. The number of esters is 1. The summed E-state index contributed by atoms with van der Waals surface area (Å²) in [6.07, 6.45) is 5.96. The molecule has 0 saturated carbocycles. The predicted octanol–water partition coefficient (Wildman–Crippen LogP) is 3.15. The quantitative estimate of drug-likeness (QED) is 0.620. The average Bonchev–Trinajstić information content (AvgIpc) is 3.01. The van der Waals surface area contributed by atoms with Gasteiger partial charge in [0.05, 0.1) is 0 Å². The van der Waals surface area contributed by atoms with E-state index in [0.29, 0.717) is 11.1 Å². The third-order valence-electron chi connectivity index (χ3n) is 4.63. The van der Waals surface area contributed by atoms with Gasteiger partial charge >= 0.3 is 5.97 Å². The first-order valence-corrected chi connectivity index (χ1v) is 8.45. The minimum absolute atomic E-state index is 0.125. The van der Waals surface area contributed by atoms with Gasteiger partial charge in [-0.2, -0.15) is 0 Å². The van der Waals surface area contributed by atoms with E-state index in [4.69, 9.17) is 4.74 Å². The highest BCUT2D eigenvalue weighted by Crippen LogP contribution is 2.22. The van der Waals surface area contributed by atoms with Gasteiger partial charge in [-0.25, -0.2) is 4.79 Å². The smallest absolute Gasteiger partial charge is 0.355 e. The summed E-state index contributed by atoms with van der Waals surface area (Å²) in [4.78, 5) is 35.9. The molecule has 0 amide bonds. The summed E-state index contributed by atoms with van der Waals surface area (Å²) < 4.78 is 6.67. The number of benzene rings is 1. The van der Waals surface area contributed by atoms with Gasteiger partial charge in [-0.3, -0.25) is 9.59 Å². The lowest BCUT2D eigenvalue weighted by molar-refractivity contribution is 0.0465. The minimum atomic E-state index is -0.610. The maximum atomic E-state index is 12.3. The van der Waals surface area contributed by atoms with Gasteiger partial charge in [0.25, 0.3) is 0 Å². The predicted molar refractivity (Wildman–Crippen MR) is 93.1 cm³/mol. The highest BCUT2D eigenvalue weighted by molar-refractivity contribution is 6.00. The van der Waals surface area contributed by atoms with Gasteiger partial charge in [0.15, 0.2) is 18.2 Å². The highest BCUT2D eigenvalue weighted by atomic mass is 16.5. The summed E-state index contributed by atoms with van der Waals surface area (Å²) in [5, 5.41) is 0. The van der Waals surface area contributed by atoms with Crippen molar-refractivity contribution >= 4 is 17.5 Å². The molecular formula is C20H21NO4. The maximum absolute atomic E-state index is 12.3. The normalized spacial score (nSPS) is 13.2. The van der Waals surface area contributed by atoms with Crippen molar-refractivity contribution in [2.45, 2.75) is 32.6 Å². The van der Waals surface area contributed by atoms with E-state index >= 15 is 0 Å². The largest absolute Gasteiger partial charge is 0.453 e. The van der Waals surface area contributed by atoms with Crippen LogP contribution in [0.1, 0.15) is 62.1 Å². The monoisotopic (exact) mass is 339 g/mol. The Morgan fingerprint density at radius 2 is 1.76 bits per heavy atom. The third-order valence-corrected chi connectivity index (χ3v) is 4.63. The van der Waals surface area contributed by atoms with Crippen molar-refractivity contribution in [3.8, 4) is 0 Å². The van der Waals surface area contributed by atoms with Crippen molar-refractivity contribution < 1.29 is 19.1 Å². The fourth-order valence-corrected chi connectivity index (χ4v) is 3.16. The zero-order chi connectivity index (χ0) is 18.0. The second-order valence-corrected chi connectivity index (χ2v) is 6.47. The Bertz CT molecular complexity index is 847. The Kier molecular flexibility index (Phi) is 4.83. The molecule has 0 aliphatic heterocycles. The molecule has 2 aromatic rings. The molecule has 1 heterocycles. The number of nitrogens with zero attached hydrogens (tertiary/aromatic N) is 1. The number of ether oxygens (including phenoxy) is 1. The van der Waals surface area contributed by atoms with Crippen LogP contribution in [0.2, 0.25) is 0 Å². The Labute approximate surface area is 146 Å². The molecule has 3 rings (SSSR count). The fraction of sp³-hybridized carbons (Fsp3) is 0.350. The molecule has 25 heavy (non-hydrogen) atoms. The number of carbonyl (C=O) groups excluding carboxylic acids is 3. The first-order chi connectivity index (χ1) is 12.0. The number of ketones is 2. The maximum Gasteiger partial charge on any atom is 0.355 e. The van der Waals surface area contributed by atoms with Crippen LogP contribution in [0.25, 0.3) is 0 Å². The van der Waals surface area contributed by atoms with Crippen LogP contribution in [-0.4, -0.2) is 28.7 Å². The third kappa shape index (κ3) is 3.71. The van der Waals surface area contributed by atoms with Crippen LogP contribution in [-0.2, 0) is 24.6 Å². The van der Waals surface area contributed by atoms with Crippen LogP contribution in [0.4, 0.5) is 0 Å². The molecule has 1 aliphatic rings. The molecule has 0 bridgehead atoms. The van der Waals surface area contributed by atoms with Crippen LogP contribution in [0.3, 0.4) is 0 Å². The average molecular weight is 339 g/mol. The SMILES string of the molecule is CC(=O)c1cc(C(=O)OCC(=O)c2ccc3c(c2)CCCC3)n(C)c1. The van der Waals surface area contributed by atoms with E-state index in [2.05, 4.69) is 0 Å². The van der Waals surface area contributed by atoms with E-state index in [0.717, 1.165) is 19.3 Å². The first kappa shape index (κ1) is 17.1. The van der Waals surface area contributed by atoms with E-state index in [1.807, 2.05) is 12.1 Å². The lowest BCUT2D eigenvalue weighted by atomic mass is 9.90. The number of carbonyl (C=O) groups is 3. The van der Waals surface area contributed by atoms with Crippen molar-refractivity contribution in [3.63, 3.8) is 0 Å². The van der Waals surface area contributed by atoms with Crippen LogP contribution < -0.4 is 0 Å². The number of aryl methyl sites for hydroxylation is 3. The molecule has 0 saturated heterocycles. The molecule has 130 valence electrons. The van der Waals surface area contributed by atoms with E-state index in [1.165, 1.54) is 35.1 Å². The number of aromatic nitrogens is 1. The van der Waals surface area contributed by atoms with Gasteiger partial charge in [-0.15, -0.1) is 0 Å². The van der Waals surface area contributed by atoms with Crippen molar-refractivity contribution in [2.75, 3.05) is 6.61 Å². The molecule has 0 N–H and O–H groups in total. The number of fused-ring (bicyclic) bond motifs is 1. The zero-order valence-corrected chi connectivity index (χ0v) is 14.5. The van der Waals surface area contributed by atoms with Gasteiger partial charge in [-0.05, 0) is 55.9 Å². The van der Waals surface area contributed by atoms with Crippen molar-refractivity contribution in [1.29, 1.82) is 0 Å². The Morgan fingerprint density at radius 3 is 2.44 bits per heavy atom. The molecule has 1 aromatic carbocycles. The van der Waals surface area contributed by atoms with E-state index in [1.54, 1.807) is 19.3 Å². The second-order valence-electron chi connectivity index (χ2n) is 6.47.